The number of nitro groups is 1. The minimum atomic E-state index is -0.492. The Morgan fingerprint density at radius 2 is 1.90 bits per heavy atom. The molecular formula is C27H28FN7O5. The lowest BCUT2D eigenvalue weighted by atomic mass is 9.93. The number of hydrogen-bond donors (Lipinski definition) is 0. The first kappa shape index (κ1) is 25.9. The van der Waals surface area contributed by atoms with Crippen LogP contribution in [0.15, 0.2) is 49.1 Å². The molecule has 1 aliphatic heterocycles. The molecule has 2 fully saturated rings. The van der Waals surface area contributed by atoms with E-state index in [9.17, 15) is 14.5 Å². The van der Waals surface area contributed by atoms with Gasteiger partial charge in [0.05, 0.1) is 59.4 Å². The fourth-order valence-electron chi connectivity index (χ4n) is 5.05. The molecule has 12 nitrogen and oxygen atoms in total. The molecule has 0 N–H and O–H groups in total. The second kappa shape index (κ2) is 11.4. The van der Waals surface area contributed by atoms with Crippen molar-refractivity contribution in [1.82, 2.24) is 24.7 Å². The number of aromatic nitrogens is 5. The van der Waals surface area contributed by atoms with Crippen LogP contribution >= 0.6 is 0 Å². The van der Waals surface area contributed by atoms with Gasteiger partial charge in [-0.25, -0.2) is 4.39 Å². The lowest BCUT2D eigenvalue weighted by molar-refractivity contribution is -0.385. The number of anilines is 1. The lowest BCUT2D eigenvalue weighted by Crippen LogP contribution is -2.36. The molecule has 4 aromatic rings. The zero-order valence-corrected chi connectivity index (χ0v) is 21.7. The van der Waals surface area contributed by atoms with Gasteiger partial charge < -0.3 is 19.1 Å². The van der Waals surface area contributed by atoms with E-state index < -0.39 is 4.92 Å². The molecule has 40 heavy (non-hydrogen) atoms. The van der Waals surface area contributed by atoms with Crippen LogP contribution in [0.1, 0.15) is 37.4 Å². The van der Waals surface area contributed by atoms with Gasteiger partial charge in [0.15, 0.2) is 5.82 Å². The van der Waals surface area contributed by atoms with Crippen molar-refractivity contribution in [1.29, 1.82) is 0 Å². The highest BCUT2D eigenvalue weighted by molar-refractivity contribution is 5.87. The molecule has 2 aliphatic rings. The summed E-state index contributed by atoms with van der Waals surface area (Å²) < 4.78 is 33.1. The van der Waals surface area contributed by atoms with Gasteiger partial charge in [0, 0.05) is 25.2 Å². The van der Waals surface area contributed by atoms with Crippen LogP contribution < -0.4 is 14.4 Å². The van der Waals surface area contributed by atoms with E-state index >= 15 is 0 Å². The predicted molar refractivity (Wildman–Crippen MR) is 142 cm³/mol. The maximum atomic E-state index is 13.4. The van der Waals surface area contributed by atoms with Gasteiger partial charge in [-0.15, -0.1) is 0 Å². The lowest BCUT2D eigenvalue weighted by Gasteiger charge is -2.30. The summed E-state index contributed by atoms with van der Waals surface area (Å²) in [5.74, 6) is 1.44. The molecule has 0 radical (unpaired) electrons. The fraction of sp³-hybridized carbons (Fsp3) is 0.407. The molecule has 4 aromatic heterocycles. The Balaban J connectivity index is 1.22. The van der Waals surface area contributed by atoms with Crippen molar-refractivity contribution in [3.05, 3.63) is 70.7 Å². The average molecular weight is 550 g/mol. The molecule has 0 atom stereocenters. The monoisotopic (exact) mass is 549 g/mol. The van der Waals surface area contributed by atoms with Crippen molar-refractivity contribution in [2.75, 3.05) is 31.2 Å². The van der Waals surface area contributed by atoms with Crippen LogP contribution in [0.5, 0.6) is 11.6 Å². The maximum absolute atomic E-state index is 13.4. The first-order chi connectivity index (χ1) is 19.5. The average Bonchev–Trinajstić information content (AvgIpc) is 3.43. The Bertz CT molecular complexity index is 1480. The molecule has 13 heteroatoms. The number of hydrogen-bond acceptors (Lipinski definition) is 10. The molecular weight excluding hydrogens is 521 g/mol. The Labute approximate surface area is 228 Å². The van der Waals surface area contributed by atoms with E-state index in [-0.39, 0.29) is 30.3 Å². The molecule has 1 saturated carbocycles. The maximum Gasteiger partial charge on any atom is 0.287 e. The summed E-state index contributed by atoms with van der Waals surface area (Å²) in [6.45, 7) is 2.84. The van der Waals surface area contributed by atoms with Crippen molar-refractivity contribution < 1.29 is 23.5 Å². The van der Waals surface area contributed by atoms with Gasteiger partial charge in [0.1, 0.15) is 30.5 Å². The Morgan fingerprint density at radius 3 is 2.60 bits per heavy atom. The topological polar surface area (TPSA) is 131 Å². The molecule has 5 heterocycles. The van der Waals surface area contributed by atoms with Crippen molar-refractivity contribution in [3.63, 3.8) is 0 Å². The van der Waals surface area contributed by atoms with E-state index in [1.807, 2.05) is 12.1 Å². The van der Waals surface area contributed by atoms with Crippen molar-refractivity contribution in [3.8, 4) is 11.6 Å². The number of ether oxygens (including phenoxy) is 3. The standard InChI is InChI=1S/C27H28FN7O5/c28-18-13-31-34(16-18)20-3-5-22(6-4-20)40-27-24-11-23(39-17-19-1-2-21(14-29-19)35(36)37)15-30-25(24)12-26(32-27)33-7-9-38-10-8-33/h1-2,11-16,20,22H,3-10,17H2/t20-,22+. The number of nitrogens with zero attached hydrogens (tertiary/aromatic N) is 7. The van der Waals surface area contributed by atoms with Crippen LogP contribution in [0.4, 0.5) is 15.9 Å². The third kappa shape index (κ3) is 5.78. The molecule has 0 bridgehead atoms. The zero-order valence-electron chi connectivity index (χ0n) is 21.7. The van der Waals surface area contributed by atoms with Gasteiger partial charge in [-0.3, -0.25) is 24.8 Å². The summed E-state index contributed by atoms with van der Waals surface area (Å²) in [6.07, 6.45) is 8.67. The van der Waals surface area contributed by atoms with Gasteiger partial charge in [-0.1, -0.05) is 0 Å². The summed E-state index contributed by atoms with van der Waals surface area (Å²) in [5, 5.41) is 15.7. The van der Waals surface area contributed by atoms with Crippen LogP contribution in [0, 0.1) is 15.9 Å². The zero-order chi connectivity index (χ0) is 27.5. The number of halogens is 1. The summed E-state index contributed by atoms with van der Waals surface area (Å²) >= 11 is 0. The fourth-order valence-corrected chi connectivity index (χ4v) is 5.05. The van der Waals surface area contributed by atoms with Crippen molar-refractivity contribution >= 4 is 22.4 Å². The quantitative estimate of drug-likeness (QED) is 0.232. The third-order valence-electron chi connectivity index (χ3n) is 7.21. The first-order valence-electron chi connectivity index (χ1n) is 13.2. The molecule has 208 valence electrons. The second-order valence-corrected chi connectivity index (χ2v) is 9.86. The first-order valence-corrected chi connectivity index (χ1v) is 13.2. The highest BCUT2D eigenvalue weighted by Gasteiger charge is 2.26. The minimum absolute atomic E-state index is 0.0545. The van der Waals surface area contributed by atoms with Crippen molar-refractivity contribution in [2.45, 2.75) is 44.4 Å². The van der Waals surface area contributed by atoms with E-state index in [4.69, 9.17) is 19.2 Å². The molecule has 1 aliphatic carbocycles. The predicted octanol–water partition coefficient (Wildman–Crippen LogP) is 4.25. The molecule has 0 aromatic carbocycles. The van der Waals surface area contributed by atoms with Crippen LogP contribution in [0.25, 0.3) is 10.9 Å². The summed E-state index contributed by atoms with van der Waals surface area (Å²) in [6, 6.07) is 6.88. The van der Waals surface area contributed by atoms with Crippen LogP contribution in [0.2, 0.25) is 0 Å². The van der Waals surface area contributed by atoms with E-state index in [1.54, 1.807) is 16.9 Å². The summed E-state index contributed by atoms with van der Waals surface area (Å²) in [7, 11) is 0. The Hall–Kier alpha value is -4.39. The smallest absolute Gasteiger partial charge is 0.287 e. The summed E-state index contributed by atoms with van der Waals surface area (Å²) in [4.78, 5) is 26.2. The molecule has 1 saturated heterocycles. The number of fused-ring (bicyclic) bond motifs is 1. The summed E-state index contributed by atoms with van der Waals surface area (Å²) in [5.41, 5.74) is 1.20. The SMILES string of the molecule is O=[N+]([O-])c1ccc(COc2cnc3cc(N4CCOCC4)nc(O[C@H]4CC[C@@H](n5cc(F)cn5)CC4)c3c2)nc1. The van der Waals surface area contributed by atoms with E-state index in [2.05, 4.69) is 20.0 Å². The van der Waals surface area contributed by atoms with Gasteiger partial charge >= 0.3 is 0 Å². The van der Waals surface area contributed by atoms with Gasteiger partial charge in [0.2, 0.25) is 5.88 Å². The highest BCUT2D eigenvalue weighted by Crippen LogP contribution is 2.35. The molecule has 0 spiro atoms. The molecule has 6 rings (SSSR count). The highest BCUT2D eigenvalue weighted by atomic mass is 19.1. The largest absolute Gasteiger partial charge is 0.486 e. The van der Waals surface area contributed by atoms with Gasteiger partial charge in [-0.2, -0.15) is 10.1 Å². The number of morpholine rings is 1. The number of rotatable bonds is 8. The number of pyridine rings is 3. The Morgan fingerprint density at radius 1 is 1.07 bits per heavy atom. The van der Waals surface area contributed by atoms with Gasteiger partial charge in [-0.05, 0) is 37.8 Å². The second-order valence-electron chi connectivity index (χ2n) is 9.86. The molecule has 0 unspecified atom stereocenters. The third-order valence-corrected chi connectivity index (χ3v) is 7.21. The van der Waals surface area contributed by atoms with Crippen LogP contribution in [-0.4, -0.2) is 62.1 Å². The van der Waals surface area contributed by atoms with Crippen molar-refractivity contribution in [2.24, 2.45) is 0 Å². The molecule has 0 amide bonds. The van der Waals surface area contributed by atoms with Crippen LogP contribution in [-0.2, 0) is 11.3 Å². The minimum Gasteiger partial charge on any atom is -0.486 e. The normalized spacial score (nSPS) is 19.5. The van der Waals surface area contributed by atoms with E-state index in [0.717, 1.165) is 55.5 Å². The van der Waals surface area contributed by atoms with E-state index in [1.165, 1.54) is 24.7 Å². The van der Waals surface area contributed by atoms with Gasteiger partial charge in [0.25, 0.3) is 5.69 Å². The Kier molecular flexibility index (Phi) is 7.36. The van der Waals surface area contributed by atoms with Crippen LogP contribution in [0.3, 0.4) is 0 Å². The van der Waals surface area contributed by atoms with E-state index in [0.29, 0.717) is 30.5 Å².